The van der Waals surface area contributed by atoms with Gasteiger partial charge in [0.25, 0.3) is 0 Å². The van der Waals surface area contributed by atoms with Gasteiger partial charge >= 0.3 is 0 Å². The van der Waals surface area contributed by atoms with Gasteiger partial charge in [0.2, 0.25) is 0 Å². The van der Waals surface area contributed by atoms with Crippen molar-refractivity contribution in [2.45, 2.75) is 38.0 Å². The Labute approximate surface area is 110 Å². The maximum atomic E-state index is 12.0. The van der Waals surface area contributed by atoms with E-state index in [9.17, 15) is 8.42 Å². The van der Waals surface area contributed by atoms with Gasteiger partial charge < -0.3 is 9.88 Å². The fourth-order valence-electron chi connectivity index (χ4n) is 1.81. The highest BCUT2D eigenvalue weighted by Crippen LogP contribution is 2.31. The highest BCUT2D eigenvalue weighted by atomic mass is 32.2. The molecular weight excluding hydrogens is 250 g/mol. The molecule has 1 N–H and O–H groups in total. The summed E-state index contributed by atoms with van der Waals surface area (Å²) in [4.78, 5) is 4.28. The van der Waals surface area contributed by atoms with E-state index in [-0.39, 0.29) is 6.04 Å². The first kappa shape index (κ1) is 15.2. The van der Waals surface area contributed by atoms with E-state index in [1.54, 1.807) is 20.0 Å². The van der Waals surface area contributed by atoms with Gasteiger partial charge in [0.1, 0.15) is 5.82 Å². The Bertz CT molecular complexity index is 491. The molecule has 1 aromatic heterocycles. The minimum atomic E-state index is -3.19. The Morgan fingerprint density at radius 1 is 1.50 bits per heavy atom. The molecule has 104 valence electrons. The molecular formula is C12H23N3O2S. The summed E-state index contributed by atoms with van der Waals surface area (Å²) in [6.45, 7) is 6.29. The molecule has 1 unspecified atom stereocenters. The lowest BCUT2D eigenvalue weighted by molar-refractivity contribution is 0.397. The van der Waals surface area contributed by atoms with Crippen LogP contribution in [0, 0.1) is 0 Å². The van der Waals surface area contributed by atoms with E-state index in [2.05, 4.69) is 17.2 Å². The van der Waals surface area contributed by atoms with Gasteiger partial charge in [0.15, 0.2) is 9.84 Å². The summed E-state index contributed by atoms with van der Waals surface area (Å²) in [5.41, 5.74) is 0. The van der Waals surface area contributed by atoms with E-state index in [1.165, 1.54) is 6.26 Å². The molecule has 18 heavy (non-hydrogen) atoms. The van der Waals surface area contributed by atoms with E-state index >= 15 is 0 Å². The van der Waals surface area contributed by atoms with Crippen molar-refractivity contribution in [3.63, 3.8) is 0 Å². The number of rotatable bonds is 6. The highest BCUT2D eigenvalue weighted by molar-refractivity contribution is 7.92. The van der Waals surface area contributed by atoms with E-state index in [0.717, 1.165) is 18.8 Å². The van der Waals surface area contributed by atoms with Crippen LogP contribution in [0.5, 0.6) is 0 Å². The first-order valence-electron chi connectivity index (χ1n) is 6.12. The normalized spacial score (nSPS) is 14.7. The average molecular weight is 273 g/mol. The quantitative estimate of drug-likeness (QED) is 0.848. The van der Waals surface area contributed by atoms with Crippen molar-refractivity contribution < 1.29 is 8.42 Å². The van der Waals surface area contributed by atoms with Crippen LogP contribution in [0.15, 0.2) is 12.4 Å². The van der Waals surface area contributed by atoms with Crippen LogP contribution in [0.4, 0.5) is 0 Å². The zero-order valence-electron chi connectivity index (χ0n) is 11.8. The van der Waals surface area contributed by atoms with Crippen molar-refractivity contribution in [2.24, 2.45) is 7.05 Å². The third-order valence-corrected chi connectivity index (χ3v) is 5.51. The maximum absolute atomic E-state index is 12.0. The summed E-state index contributed by atoms with van der Waals surface area (Å²) >= 11 is 0. The van der Waals surface area contributed by atoms with Gasteiger partial charge in [0.05, 0.1) is 10.8 Å². The van der Waals surface area contributed by atoms with Gasteiger partial charge in [-0.2, -0.15) is 0 Å². The third-order valence-electron chi connectivity index (χ3n) is 3.37. The van der Waals surface area contributed by atoms with Crippen LogP contribution in [-0.2, 0) is 16.9 Å². The molecule has 1 heterocycles. The Morgan fingerprint density at radius 2 is 2.11 bits per heavy atom. The second kappa shape index (κ2) is 5.40. The van der Waals surface area contributed by atoms with Crippen molar-refractivity contribution in [2.75, 3.05) is 12.8 Å². The molecule has 0 aromatic carbocycles. The smallest absolute Gasteiger partial charge is 0.154 e. The van der Waals surface area contributed by atoms with Crippen LogP contribution in [0.3, 0.4) is 0 Å². The number of aromatic nitrogens is 2. The van der Waals surface area contributed by atoms with Crippen LogP contribution in [0.25, 0.3) is 0 Å². The molecule has 0 radical (unpaired) electrons. The lowest BCUT2D eigenvalue weighted by Crippen LogP contribution is -2.46. The molecule has 0 bridgehead atoms. The molecule has 6 heteroatoms. The molecule has 0 saturated carbocycles. The minimum Gasteiger partial charge on any atom is -0.337 e. The average Bonchev–Trinajstić information content (AvgIpc) is 2.63. The van der Waals surface area contributed by atoms with Crippen LogP contribution >= 0.6 is 0 Å². The van der Waals surface area contributed by atoms with Gasteiger partial charge in [-0.1, -0.05) is 6.92 Å². The lowest BCUT2D eigenvalue weighted by atomic mass is 10.0. The number of aryl methyl sites for hydroxylation is 1. The Kier molecular flexibility index (Phi) is 4.55. The predicted octanol–water partition coefficient (Wildman–Crippen LogP) is 1.28. The molecule has 0 aliphatic heterocycles. The van der Waals surface area contributed by atoms with Gasteiger partial charge in [0, 0.05) is 25.7 Å². The zero-order chi connectivity index (χ0) is 14.0. The Hall–Kier alpha value is -0.880. The zero-order valence-corrected chi connectivity index (χ0v) is 12.6. The molecule has 1 atom stereocenters. The van der Waals surface area contributed by atoms with E-state index < -0.39 is 14.6 Å². The van der Waals surface area contributed by atoms with Crippen LogP contribution in [-0.4, -0.2) is 35.5 Å². The number of hydrogen-bond donors (Lipinski definition) is 1. The molecule has 0 spiro atoms. The largest absolute Gasteiger partial charge is 0.337 e. The maximum Gasteiger partial charge on any atom is 0.154 e. The first-order valence-corrected chi connectivity index (χ1v) is 8.01. The highest BCUT2D eigenvalue weighted by Gasteiger charge is 2.41. The number of hydrogen-bond acceptors (Lipinski definition) is 4. The number of nitrogens with zero attached hydrogens (tertiary/aromatic N) is 2. The number of sulfone groups is 1. The van der Waals surface area contributed by atoms with Gasteiger partial charge in [-0.05, 0) is 26.8 Å². The van der Waals surface area contributed by atoms with E-state index in [0.29, 0.717) is 0 Å². The van der Waals surface area contributed by atoms with Crippen LogP contribution < -0.4 is 5.32 Å². The van der Waals surface area contributed by atoms with Gasteiger partial charge in [-0.3, -0.25) is 0 Å². The van der Waals surface area contributed by atoms with Crippen LogP contribution in [0.2, 0.25) is 0 Å². The molecule has 0 saturated heterocycles. The Balaban J connectivity index is 3.18. The second-order valence-electron chi connectivity index (χ2n) is 5.16. The monoisotopic (exact) mass is 273 g/mol. The molecule has 5 nitrogen and oxygen atoms in total. The molecule has 1 aromatic rings. The SMILES string of the molecule is CCCNC(c1nccn1C)C(C)(C)S(C)(=O)=O. The lowest BCUT2D eigenvalue weighted by Gasteiger charge is -2.33. The van der Waals surface area contributed by atoms with Crippen molar-refractivity contribution in [1.29, 1.82) is 0 Å². The molecule has 0 fully saturated rings. The minimum absolute atomic E-state index is 0.313. The topological polar surface area (TPSA) is 64.0 Å². The summed E-state index contributed by atoms with van der Waals surface area (Å²) in [6.07, 6.45) is 5.74. The van der Waals surface area contributed by atoms with Crippen molar-refractivity contribution >= 4 is 9.84 Å². The van der Waals surface area contributed by atoms with Crippen LogP contribution in [0.1, 0.15) is 39.1 Å². The molecule has 0 aliphatic carbocycles. The molecule has 1 rings (SSSR count). The first-order chi connectivity index (χ1) is 8.21. The standard InChI is InChI=1S/C12H23N3O2S/c1-6-7-13-10(11-14-8-9-15(11)4)12(2,3)18(5,16)17/h8-10,13H,6-7H2,1-5H3. The van der Waals surface area contributed by atoms with E-state index in [4.69, 9.17) is 0 Å². The van der Waals surface area contributed by atoms with E-state index in [1.807, 2.05) is 17.8 Å². The van der Waals surface area contributed by atoms with Crippen molar-refractivity contribution in [1.82, 2.24) is 14.9 Å². The third kappa shape index (κ3) is 2.92. The van der Waals surface area contributed by atoms with Gasteiger partial charge in [-0.25, -0.2) is 13.4 Å². The fraction of sp³-hybridized carbons (Fsp3) is 0.750. The summed E-state index contributed by atoms with van der Waals surface area (Å²) in [5.74, 6) is 0.749. The second-order valence-corrected chi connectivity index (χ2v) is 7.76. The number of imidazole rings is 1. The number of nitrogens with one attached hydrogen (secondary N) is 1. The summed E-state index contributed by atoms with van der Waals surface area (Å²) in [6, 6.07) is -0.313. The molecule has 0 aliphatic rings. The van der Waals surface area contributed by atoms with Crippen molar-refractivity contribution in [3.8, 4) is 0 Å². The summed E-state index contributed by atoms with van der Waals surface area (Å²) < 4.78 is 24.9. The summed E-state index contributed by atoms with van der Waals surface area (Å²) in [5, 5.41) is 3.30. The summed E-state index contributed by atoms with van der Waals surface area (Å²) in [7, 11) is -1.31. The fourth-order valence-corrected chi connectivity index (χ4v) is 2.42. The van der Waals surface area contributed by atoms with Crippen molar-refractivity contribution in [3.05, 3.63) is 18.2 Å². The predicted molar refractivity (Wildman–Crippen MR) is 73.2 cm³/mol. The Morgan fingerprint density at radius 3 is 2.50 bits per heavy atom. The van der Waals surface area contributed by atoms with Gasteiger partial charge in [-0.15, -0.1) is 0 Å². The molecule has 0 amide bonds.